The topological polar surface area (TPSA) is 70.1 Å². The van der Waals surface area contributed by atoms with Gasteiger partial charge in [0.15, 0.2) is 0 Å². The van der Waals surface area contributed by atoms with Crippen molar-refractivity contribution in [2.45, 2.75) is 52.9 Å². The Morgan fingerprint density at radius 1 is 1.06 bits per heavy atom. The first-order chi connectivity index (χ1) is 14.6. The summed E-state index contributed by atoms with van der Waals surface area (Å²) in [5.74, 6) is 4.06. The quantitative estimate of drug-likeness (QED) is 0.693. The van der Waals surface area contributed by atoms with Crippen LogP contribution >= 0.6 is 0 Å². The number of nitrogens with zero attached hydrogens (tertiary/aromatic N) is 2. The summed E-state index contributed by atoms with van der Waals surface area (Å²) in [6, 6.07) is 3.73. The van der Waals surface area contributed by atoms with Crippen LogP contribution in [-0.4, -0.2) is 58.7 Å². The van der Waals surface area contributed by atoms with Gasteiger partial charge >= 0.3 is 18.2 Å². The van der Waals surface area contributed by atoms with Crippen LogP contribution in [-0.2, 0) is 22.3 Å². The third-order valence-electron chi connectivity index (χ3n) is 4.93. The fraction of sp³-hybridized carbons (Fsp3) is 0.565. The third kappa shape index (κ3) is 6.89. The number of benzene rings is 1. The van der Waals surface area contributed by atoms with Crippen LogP contribution in [0.3, 0.4) is 0 Å². The van der Waals surface area contributed by atoms with Crippen LogP contribution < -0.4 is 0 Å². The van der Waals surface area contributed by atoms with Gasteiger partial charge in [0.2, 0.25) is 0 Å². The second kappa shape index (κ2) is 9.41. The predicted octanol–water partition coefficient (Wildman–Crippen LogP) is 4.22. The van der Waals surface area contributed by atoms with Crippen molar-refractivity contribution in [2.75, 3.05) is 26.2 Å². The molecule has 1 heterocycles. The Hall–Kier alpha value is -2.73. The summed E-state index contributed by atoms with van der Waals surface area (Å²) >= 11 is 0. The summed E-state index contributed by atoms with van der Waals surface area (Å²) < 4.78 is 46.4. The number of ether oxygens (including phenoxy) is 1. The maximum atomic E-state index is 13.7. The van der Waals surface area contributed by atoms with Gasteiger partial charge < -0.3 is 14.7 Å². The molecular weight excluding hydrogens is 425 g/mol. The Labute approximate surface area is 186 Å². The normalized spacial score (nSPS) is 15.7. The Balaban J connectivity index is 2.25. The fourth-order valence-corrected chi connectivity index (χ4v) is 3.06. The van der Waals surface area contributed by atoms with Gasteiger partial charge in [0.25, 0.3) is 0 Å². The van der Waals surface area contributed by atoms with Crippen molar-refractivity contribution in [3.05, 3.63) is 34.9 Å². The minimum absolute atomic E-state index is 0.000549. The molecule has 32 heavy (non-hydrogen) atoms. The van der Waals surface area contributed by atoms with E-state index in [1.165, 1.54) is 30.9 Å². The maximum Gasteiger partial charge on any atom is 0.416 e. The molecule has 1 amide bonds. The molecule has 0 saturated carbocycles. The molecule has 0 aliphatic carbocycles. The van der Waals surface area contributed by atoms with Crippen molar-refractivity contribution in [2.24, 2.45) is 5.41 Å². The van der Waals surface area contributed by atoms with Crippen LogP contribution in [0, 0.1) is 17.3 Å². The summed E-state index contributed by atoms with van der Waals surface area (Å²) in [5, 5.41) is 9.24. The Bertz CT molecular complexity index is 916. The van der Waals surface area contributed by atoms with E-state index in [1.807, 2.05) is 4.90 Å². The van der Waals surface area contributed by atoms with E-state index in [0.29, 0.717) is 26.2 Å². The highest BCUT2D eigenvalue weighted by atomic mass is 19.4. The minimum Gasteiger partial charge on any atom is -0.480 e. The molecule has 9 heteroatoms. The van der Waals surface area contributed by atoms with Gasteiger partial charge in [-0.25, -0.2) is 4.79 Å². The zero-order chi connectivity index (χ0) is 24.3. The Morgan fingerprint density at radius 2 is 1.66 bits per heavy atom. The summed E-state index contributed by atoms with van der Waals surface area (Å²) in [4.78, 5) is 26.9. The summed E-state index contributed by atoms with van der Waals surface area (Å²) in [5.41, 5.74) is -2.68. The molecule has 176 valence electrons. The van der Waals surface area contributed by atoms with Crippen molar-refractivity contribution < 1.29 is 32.6 Å². The molecule has 0 radical (unpaired) electrons. The van der Waals surface area contributed by atoms with E-state index in [-0.39, 0.29) is 17.7 Å². The molecule has 2 rings (SSSR count). The number of aliphatic carboxylic acids is 1. The number of alkyl halides is 3. The van der Waals surface area contributed by atoms with Crippen LogP contribution in [0.2, 0.25) is 0 Å². The van der Waals surface area contributed by atoms with Crippen molar-refractivity contribution in [1.29, 1.82) is 0 Å². The SMILES string of the molecule is CC(C)(C)OC(=O)N1CCN(Cc2c(C#CC(C)(C)C(=O)O)cccc2C(F)(F)F)CC1. The molecule has 1 N–H and O–H groups in total. The zero-order valence-electron chi connectivity index (χ0n) is 19.0. The molecule has 6 nitrogen and oxygen atoms in total. The van der Waals surface area contributed by atoms with E-state index in [4.69, 9.17) is 4.74 Å². The number of carbonyl (C=O) groups excluding carboxylic acids is 1. The van der Waals surface area contributed by atoms with Gasteiger partial charge in [0.1, 0.15) is 11.0 Å². The number of hydrogen-bond donors (Lipinski definition) is 1. The predicted molar refractivity (Wildman–Crippen MR) is 113 cm³/mol. The smallest absolute Gasteiger partial charge is 0.416 e. The lowest BCUT2D eigenvalue weighted by atomic mass is 9.93. The van der Waals surface area contributed by atoms with Crippen LogP contribution in [0.1, 0.15) is 51.3 Å². The van der Waals surface area contributed by atoms with E-state index in [1.54, 1.807) is 20.8 Å². The number of carboxylic acids is 1. The lowest BCUT2D eigenvalue weighted by molar-refractivity contribution is -0.143. The molecule has 1 saturated heterocycles. The van der Waals surface area contributed by atoms with Gasteiger partial charge in [-0.05, 0) is 52.3 Å². The highest BCUT2D eigenvalue weighted by molar-refractivity contribution is 5.77. The molecule has 1 fully saturated rings. The van der Waals surface area contributed by atoms with E-state index in [9.17, 15) is 27.9 Å². The lowest BCUT2D eigenvalue weighted by Crippen LogP contribution is -2.49. The minimum atomic E-state index is -4.58. The number of rotatable bonds is 3. The monoisotopic (exact) mass is 454 g/mol. The molecular formula is C23H29F3N2O4. The number of carboxylic acid groups (broad SMARTS) is 1. The molecule has 0 bridgehead atoms. The summed E-state index contributed by atoms with van der Waals surface area (Å²) in [6.07, 6.45) is -5.02. The molecule has 1 aliphatic rings. The first-order valence-corrected chi connectivity index (χ1v) is 10.3. The van der Waals surface area contributed by atoms with Crippen molar-refractivity contribution in [3.8, 4) is 11.8 Å². The van der Waals surface area contributed by atoms with Gasteiger partial charge in [0, 0.05) is 38.3 Å². The van der Waals surface area contributed by atoms with E-state index >= 15 is 0 Å². The molecule has 0 spiro atoms. The van der Waals surface area contributed by atoms with E-state index in [0.717, 1.165) is 6.07 Å². The van der Waals surface area contributed by atoms with Crippen molar-refractivity contribution in [1.82, 2.24) is 9.80 Å². The second-order valence-corrected chi connectivity index (χ2v) is 9.25. The Kier molecular flexibility index (Phi) is 7.51. The molecule has 0 aromatic heterocycles. The number of amides is 1. The van der Waals surface area contributed by atoms with E-state index in [2.05, 4.69) is 11.8 Å². The van der Waals surface area contributed by atoms with Crippen molar-refractivity contribution in [3.63, 3.8) is 0 Å². The first-order valence-electron chi connectivity index (χ1n) is 10.3. The largest absolute Gasteiger partial charge is 0.480 e. The molecule has 1 aromatic carbocycles. The van der Waals surface area contributed by atoms with Gasteiger partial charge in [-0.15, -0.1) is 0 Å². The highest BCUT2D eigenvalue weighted by Crippen LogP contribution is 2.34. The van der Waals surface area contributed by atoms with Gasteiger partial charge in [-0.1, -0.05) is 17.9 Å². The first kappa shape index (κ1) is 25.5. The van der Waals surface area contributed by atoms with Gasteiger partial charge in [0.05, 0.1) is 5.56 Å². The summed E-state index contributed by atoms with van der Waals surface area (Å²) in [6.45, 7) is 9.48. The molecule has 0 unspecified atom stereocenters. The number of hydrogen-bond acceptors (Lipinski definition) is 4. The van der Waals surface area contributed by atoms with Gasteiger partial charge in [-0.2, -0.15) is 13.2 Å². The second-order valence-electron chi connectivity index (χ2n) is 9.25. The number of carbonyl (C=O) groups is 2. The van der Waals surface area contributed by atoms with Crippen molar-refractivity contribution >= 4 is 12.1 Å². The summed E-state index contributed by atoms with van der Waals surface area (Å²) in [7, 11) is 0. The van der Waals surface area contributed by atoms with Crippen LogP contribution in [0.25, 0.3) is 0 Å². The molecule has 1 aliphatic heterocycles. The van der Waals surface area contributed by atoms with Crippen LogP contribution in [0.4, 0.5) is 18.0 Å². The molecule has 1 aromatic rings. The molecule has 0 atom stereocenters. The maximum absolute atomic E-state index is 13.7. The number of piperazine rings is 1. The zero-order valence-corrected chi connectivity index (χ0v) is 19.0. The lowest BCUT2D eigenvalue weighted by Gasteiger charge is -2.36. The highest BCUT2D eigenvalue weighted by Gasteiger charge is 2.35. The average Bonchev–Trinajstić information content (AvgIpc) is 2.65. The fourth-order valence-electron chi connectivity index (χ4n) is 3.06. The van der Waals surface area contributed by atoms with Gasteiger partial charge in [-0.3, -0.25) is 9.69 Å². The standard InChI is InChI=1S/C23H29F3N2O4/c1-21(2,3)32-20(31)28-13-11-27(12-14-28)15-17-16(9-10-22(4,5)19(29)30)7-6-8-18(17)23(24,25)26/h6-8H,11-15H2,1-5H3,(H,29,30). The average molecular weight is 454 g/mol. The third-order valence-corrected chi connectivity index (χ3v) is 4.93. The van der Waals surface area contributed by atoms with Crippen LogP contribution in [0.5, 0.6) is 0 Å². The van der Waals surface area contributed by atoms with Crippen LogP contribution in [0.15, 0.2) is 18.2 Å². The Morgan fingerprint density at radius 3 is 2.16 bits per heavy atom. The number of halogens is 3. The van der Waals surface area contributed by atoms with E-state index < -0.39 is 34.8 Å².